The van der Waals surface area contributed by atoms with Gasteiger partial charge in [0.15, 0.2) is 0 Å². The SMILES string of the molecule is COCCNC(=O)CCNc1ccc(OC)cc1N. The molecular weight excluding hydrogens is 246 g/mol. The number of nitrogen functional groups attached to an aromatic ring is 1. The van der Waals surface area contributed by atoms with Gasteiger partial charge in [0, 0.05) is 32.7 Å². The molecule has 0 saturated heterocycles. The lowest BCUT2D eigenvalue weighted by Crippen LogP contribution is -2.28. The Morgan fingerprint density at radius 3 is 2.74 bits per heavy atom. The van der Waals surface area contributed by atoms with E-state index in [4.69, 9.17) is 15.2 Å². The number of ether oxygens (including phenoxy) is 2. The highest BCUT2D eigenvalue weighted by atomic mass is 16.5. The van der Waals surface area contributed by atoms with E-state index in [0.717, 1.165) is 5.69 Å². The van der Waals surface area contributed by atoms with E-state index in [1.54, 1.807) is 20.3 Å². The average Bonchev–Trinajstić information content (AvgIpc) is 2.41. The fraction of sp³-hybridized carbons (Fsp3) is 0.462. The quantitative estimate of drug-likeness (QED) is 0.480. The number of carbonyl (C=O) groups excluding carboxylic acids is 1. The van der Waals surface area contributed by atoms with Gasteiger partial charge in [0.1, 0.15) is 5.75 Å². The van der Waals surface area contributed by atoms with Crippen LogP contribution >= 0.6 is 0 Å². The Labute approximate surface area is 113 Å². The minimum atomic E-state index is -0.0170. The summed E-state index contributed by atoms with van der Waals surface area (Å²) in [6.07, 6.45) is 0.384. The van der Waals surface area contributed by atoms with E-state index in [-0.39, 0.29) is 5.91 Å². The molecule has 0 aliphatic rings. The highest BCUT2D eigenvalue weighted by Crippen LogP contribution is 2.23. The van der Waals surface area contributed by atoms with Crippen LogP contribution in [-0.4, -0.2) is 39.8 Å². The van der Waals surface area contributed by atoms with Crippen LogP contribution in [0.3, 0.4) is 0 Å². The van der Waals surface area contributed by atoms with Crippen molar-refractivity contribution in [2.45, 2.75) is 6.42 Å². The Hall–Kier alpha value is -1.95. The lowest BCUT2D eigenvalue weighted by atomic mass is 10.2. The number of amides is 1. The minimum Gasteiger partial charge on any atom is -0.497 e. The summed E-state index contributed by atoms with van der Waals surface area (Å²) in [5.74, 6) is 0.692. The van der Waals surface area contributed by atoms with E-state index in [9.17, 15) is 4.79 Å². The van der Waals surface area contributed by atoms with Gasteiger partial charge < -0.3 is 25.8 Å². The second-order valence-corrected chi connectivity index (χ2v) is 3.97. The van der Waals surface area contributed by atoms with Gasteiger partial charge in [0.25, 0.3) is 0 Å². The van der Waals surface area contributed by atoms with E-state index in [2.05, 4.69) is 10.6 Å². The molecule has 1 amide bonds. The van der Waals surface area contributed by atoms with E-state index in [1.807, 2.05) is 12.1 Å². The molecule has 0 saturated carbocycles. The van der Waals surface area contributed by atoms with Gasteiger partial charge in [-0.2, -0.15) is 0 Å². The standard InChI is InChI=1S/C13H21N3O3/c1-18-8-7-16-13(17)5-6-15-12-4-3-10(19-2)9-11(12)14/h3-4,9,15H,5-8,14H2,1-2H3,(H,16,17). The van der Waals surface area contributed by atoms with Gasteiger partial charge in [0.2, 0.25) is 5.91 Å². The van der Waals surface area contributed by atoms with Crippen LogP contribution in [-0.2, 0) is 9.53 Å². The Kier molecular flexibility index (Phi) is 6.52. The van der Waals surface area contributed by atoms with Crippen molar-refractivity contribution < 1.29 is 14.3 Å². The van der Waals surface area contributed by atoms with Crippen molar-refractivity contribution in [3.8, 4) is 5.75 Å². The number of methoxy groups -OCH3 is 2. The first-order chi connectivity index (χ1) is 9.17. The maximum Gasteiger partial charge on any atom is 0.221 e. The van der Waals surface area contributed by atoms with Crippen molar-refractivity contribution in [2.75, 3.05) is 45.0 Å². The largest absolute Gasteiger partial charge is 0.497 e. The lowest BCUT2D eigenvalue weighted by molar-refractivity contribution is -0.121. The van der Waals surface area contributed by atoms with Gasteiger partial charge in [-0.25, -0.2) is 0 Å². The zero-order chi connectivity index (χ0) is 14.1. The van der Waals surface area contributed by atoms with Crippen LogP contribution in [0.2, 0.25) is 0 Å². The molecule has 106 valence electrons. The lowest BCUT2D eigenvalue weighted by Gasteiger charge is -2.10. The zero-order valence-corrected chi connectivity index (χ0v) is 11.4. The number of nitrogens with one attached hydrogen (secondary N) is 2. The van der Waals surface area contributed by atoms with Crippen molar-refractivity contribution in [3.05, 3.63) is 18.2 Å². The molecule has 6 nitrogen and oxygen atoms in total. The van der Waals surface area contributed by atoms with Crippen molar-refractivity contribution in [1.29, 1.82) is 0 Å². The molecule has 0 atom stereocenters. The van der Waals surface area contributed by atoms with Gasteiger partial charge in [-0.15, -0.1) is 0 Å². The second-order valence-electron chi connectivity index (χ2n) is 3.97. The molecule has 6 heteroatoms. The molecule has 19 heavy (non-hydrogen) atoms. The summed E-state index contributed by atoms with van der Waals surface area (Å²) < 4.78 is 9.91. The van der Waals surface area contributed by atoms with Crippen LogP contribution in [0.4, 0.5) is 11.4 Å². The van der Waals surface area contributed by atoms with Gasteiger partial charge in [-0.3, -0.25) is 4.79 Å². The smallest absolute Gasteiger partial charge is 0.221 e. The van der Waals surface area contributed by atoms with Crippen LogP contribution in [0.5, 0.6) is 5.75 Å². The molecule has 1 aromatic rings. The summed E-state index contributed by atoms with van der Waals surface area (Å²) in [7, 11) is 3.19. The fourth-order valence-electron chi connectivity index (χ4n) is 1.52. The van der Waals surface area contributed by atoms with Crippen molar-refractivity contribution >= 4 is 17.3 Å². The first-order valence-corrected chi connectivity index (χ1v) is 6.10. The molecule has 0 aliphatic heterocycles. The van der Waals surface area contributed by atoms with Crippen molar-refractivity contribution in [1.82, 2.24) is 5.32 Å². The maximum atomic E-state index is 11.4. The number of hydrogen-bond acceptors (Lipinski definition) is 5. The number of nitrogens with two attached hydrogens (primary N) is 1. The van der Waals surface area contributed by atoms with Crippen molar-refractivity contribution in [3.63, 3.8) is 0 Å². The summed E-state index contributed by atoms with van der Waals surface area (Å²) in [6.45, 7) is 1.57. The third-order valence-corrected chi connectivity index (χ3v) is 2.55. The molecule has 0 heterocycles. The Balaban J connectivity index is 2.31. The van der Waals surface area contributed by atoms with Crippen LogP contribution < -0.4 is 21.1 Å². The molecule has 4 N–H and O–H groups in total. The molecule has 0 bridgehead atoms. The van der Waals surface area contributed by atoms with E-state index >= 15 is 0 Å². The summed E-state index contributed by atoms with van der Waals surface area (Å²) in [4.78, 5) is 11.4. The molecule has 0 unspecified atom stereocenters. The van der Waals surface area contributed by atoms with E-state index in [1.165, 1.54) is 0 Å². The third-order valence-electron chi connectivity index (χ3n) is 2.55. The van der Waals surface area contributed by atoms with E-state index in [0.29, 0.717) is 37.6 Å². The fourth-order valence-corrected chi connectivity index (χ4v) is 1.52. The Morgan fingerprint density at radius 2 is 2.11 bits per heavy atom. The highest BCUT2D eigenvalue weighted by molar-refractivity contribution is 5.77. The number of carbonyl (C=O) groups is 1. The minimum absolute atomic E-state index is 0.0170. The first kappa shape index (κ1) is 15.1. The first-order valence-electron chi connectivity index (χ1n) is 6.10. The molecule has 1 aromatic carbocycles. The van der Waals surface area contributed by atoms with E-state index < -0.39 is 0 Å². The zero-order valence-electron chi connectivity index (χ0n) is 11.4. The molecule has 1 rings (SSSR count). The van der Waals surface area contributed by atoms with Crippen LogP contribution in [0, 0.1) is 0 Å². The van der Waals surface area contributed by atoms with Crippen LogP contribution in [0.15, 0.2) is 18.2 Å². The molecular formula is C13H21N3O3. The summed E-state index contributed by atoms with van der Waals surface area (Å²) in [5, 5.41) is 5.86. The van der Waals surface area contributed by atoms with Gasteiger partial charge in [-0.05, 0) is 12.1 Å². The molecule has 0 radical (unpaired) electrons. The summed E-state index contributed by atoms with van der Waals surface area (Å²) in [6, 6.07) is 5.38. The number of hydrogen-bond donors (Lipinski definition) is 3. The number of rotatable bonds is 8. The Morgan fingerprint density at radius 1 is 1.32 bits per heavy atom. The molecule has 0 spiro atoms. The van der Waals surface area contributed by atoms with Crippen molar-refractivity contribution in [2.24, 2.45) is 0 Å². The number of anilines is 2. The predicted octanol–water partition coefficient (Wildman–Crippen LogP) is 0.842. The normalized spacial score (nSPS) is 10.0. The second kappa shape index (κ2) is 8.20. The highest BCUT2D eigenvalue weighted by Gasteiger charge is 2.03. The maximum absolute atomic E-state index is 11.4. The van der Waals surface area contributed by atoms with Crippen LogP contribution in [0.1, 0.15) is 6.42 Å². The van der Waals surface area contributed by atoms with Gasteiger partial charge in [0.05, 0.1) is 25.1 Å². The molecule has 0 fully saturated rings. The van der Waals surface area contributed by atoms with Crippen LogP contribution in [0.25, 0.3) is 0 Å². The summed E-state index contributed by atoms with van der Waals surface area (Å²) >= 11 is 0. The monoisotopic (exact) mass is 267 g/mol. The third kappa shape index (κ3) is 5.48. The van der Waals surface area contributed by atoms with Gasteiger partial charge in [-0.1, -0.05) is 0 Å². The molecule has 0 aliphatic carbocycles. The van der Waals surface area contributed by atoms with Gasteiger partial charge >= 0.3 is 0 Å². The summed E-state index contributed by atoms with van der Waals surface area (Å²) in [5.41, 5.74) is 7.25. The topological polar surface area (TPSA) is 85.6 Å². The average molecular weight is 267 g/mol. The predicted molar refractivity (Wildman–Crippen MR) is 75.4 cm³/mol. The number of benzene rings is 1. The Bertz CT molecular complexity index is 410. The molecule has 0 aromatic heterocycles.